The van der Waals surface area contributed by atoms with E-state index in [1.807, 2.05) is 31.2 Å². The van der Waals surface area contributed by atoms with Gasteiger partial charge in [0.05, 0.1) is 6.61 Å². The van der Waals surface area contributed by atoms with E-state index in [-0.39, 0.29) is 6.10 Å². The van der Waals surface area contributed by atoms with Gasteiger partial charge in [-0.15, -0.1) is 0 Å². The lowest BCUT2D eigenvalue weighted by molar-refractivity contribution is 0.184. The SMILES string of the molecule is CCC(C#N)Oc1cccc(COC)c1. The molecular weight excluding hydrogens is 190 g/mol. The summed E-state index contributed by atoms with van der Waals surface area (Å²) in [6.45, 7) is 2.48. The second-order valence-corrected chi connectivity index (χ2v) is 3.22. The molecule has 0 amide bonds. The molecule has 0 aliphatic carbocycles. The van der Waals surface area contributed by atoms with E-state index in [1.54, 1.807) is 7.11 Å². The van der Waals surface area contributed by atoms with E-state index in [4.69, 9.17) is 14.7 Å². The largest absolute Gasteiger partial charge is 0.476 e. The predicted octanol–water partition coefficient (Wildman–Crippen LogP) is 2.51. The lowest BCUT2D eigenvalue weighted by atomic mass is 10.2. The number of benzene rings is 1. The molecule has 1 aromatic rings. The van der Waals surface area contributed by atoms with Gasteiger partial charge < -0.3 is 9.47 Å². The third-order valence-corrected chi connectivity index (χ3v) is 2.00. The molecule has 1 aromatic carbocycles. The van der Waals surface area contributed by atoms with Crippen LogP contribution in [0.3, 0.4) is 0 Å². The molecule has 0 spiro atoms. The number of hydrogen-bond acceptors (Lipinski definition) is 3. The van der Waals surface area contributed by atoms with E-state index in [2.05, 4.69) is 6.07 Å². The van der Waals surface area contributed by atoms with Crippen LogP contribution < -0.4 is 4.74 Å². The van der Waals surface area contributed by atoms with Gasteiger partial charge in [0.2, 0.25) is 0 Å². The Morgan fingerprint density at radius 3 is 2.87 bits per heavy atom. The van der Waals surface area contributed by atoms with E-state index in [1.165, 1.54) is 0 Å². The first-order valence-electron chi connectivity index (χ1n) is 4.94. The van der Waals surface area contributed by atoms with Crippen molar-refractivity contribution in [3.8, 4) is 11.8 Å². The summed E-state index contributed by atoms with van der Waals surface area (Å²) < 4.78 is 10.5. The Kier molecular flexibility index (Phi) is 4.65. The second kappa shape index (κ2) is 6.05. The second-order valence-electron chi connectivity index (χ2n) is 3.22. The smallest absolute Gasteiger partial charge is 0.184 e. The summed E-state index contributed by atoms with van der Waals surface area (Å²) in [5, 5.41) is 8.76. The van der Waals surface area contributed by atoms with Crippen molar-refractivity contribution in [2.75, 3.05) is 7.11 Å². The van der Waals surface area contributed by atoms with Crippen LogP contribution in [0.25, 0.3) is 0 Å². The summed E-state index contributed by atoms with van der Waals surface area (Å²) in [5.41, 5.74) is 1.04. The van der Waals surface area contributed by atoms with Gasteiger partial charge in [-0.1, -0.05) is 19.1 Å². The van der Waals surface area contributed by atoms with Gasteiger partial charge in [0, 0.05) is 7.11 Å². The van der Waals surface area contributed by atoms with E-state index >= 15 is 0 Å². The van der Waals surface area contributed by atoms with Gasteiger partial charge in [0.25, 0.3) is 0 Å². The van der Waals surface area contributed by atoms with E-state index in [0.29, 0.717) is 13.0 Å². The third-order valence-electron chi connectivity index (χ3n) is 2.00. The molecule has 0 radical (unpaired) electrons. The summed E-state index contributed by atoms with van der Waals surface area (Å²) >= 11 is 0. The molecule has 0 N–H and O–H groups in total. The number of rotatable bonds is 5. The van der Waals surface area contributed by atoms with Crippen LogP contribution >= 0.6 is 0 Å². The van der Waals surface area contributed by atoms with Crippen LogP contribution in [0.1, 0.15) is 18.9 Å². The van der Waals surface area contributed by atoms with Crippen molar-refractivity contribution in [1.29, 1.82) is 5.26 Å². The maximum absolute atomic E-state index is 8.76. The molecule has 0 saturated carbocycles. The molecule has 0 bridgehead atoms. The zero-order valence-electron chi connectivity index (χ0n) is 9.06. The highest BCUT2D eigenvalue weighted by molar-refractivity contribution is 5.28. The molecule has 3 heteroatoms. The van der Waals surface area contributed by atoms with Crippen molar-refractivity contribution < 1.29 is 9.47 Å². The summed E-state index contributed by atoms with van der Waals surface area (Å²) in [7, 11) is 1.65. The fourth-order valence-corrected chi connectivity index (χ4v) is 1.24. The van der Waals surface area contributed by atoms with Crippen molar-refractivity contribution in [3.05, 3.63) is 29.8 Å². The first-order valence-corrected chi connectivity index (χ1v) is 4.94. The van der Waals surface area contributed by atoms with E-state index < -0.39 is 0 Å². The van der Waals surface area contributed by atoms with Crippen LogP contribution in [0.5, 0.6) is 5.75 Å². The zero-order valence-corrected chi connectivity index (χ0v) is 9.06. The highest BCUT2D eigenvalue weighted by Crippen LogP contribution is 2.16. The normalized spacial score (nSPS) is 11.8. The Morgan fingerprint density at radius 1 is 1.47 bits per heavy atom. The van der Waals surface area contributed by atoms with Gasteiger partial charge in [-0.05, 0) is 24.1 Å². The first kappa shape index (κ1) is 11.5. The number of nitriles is 1. The molecule has 0 fully saturated rings. The number of hydrogen-bond donors (Lipinski definition) is 0. The fourth-order valence-electron chi connectivity index (χ4n) is 1.24. The Labute approximate surface area is 90.2 Å². The Hall–Kier alpha value is -1.53. The lowest BCUT2D eigenvalue weighted by Crippen LogP contribution is -2.12. The van der Waals surface area contributed by atoms with Crippen molar-refractivity contribution in [2.24, 2.45) is 0 Å². The Balaban J connectivity index is 2.69. The quantitative estimate of drug-likeness (QED) is 0.741. The van der Waals surface area contributed by atoms with Crippen molar-refractivity contribution in [2.45, 2.75) is 26.1 Å². The summed E-state index contributed by atoms with van der Waals surface area (Å²) in [6, 6.07) is 9.70. The molecule has 80 valence electrons. The monoisotopic (exact) mass is 205 g/mol. The minimum absolute atomic E-state index is 0.372. The molecule has 0 aliphatic rings. The molecule has 1 unspecified atom stereocenters. The molecule has 0 saturated heterocycles. The van der Waals surface area contributed by atoms with Crippen LogP contribution in [0.15, 0.2) is 24.3 Å². The Morgan fingerprint density at radius 2 is 2.27 bits per heavy atom. The molecule has 1 atom stereocenters. The standard InChI is InChI=1S/C12H15NO2/c1-3-11(8-13)15-12-6-4-5-10(7-12)9-14-2/h4-7,11H,3,9H2,1-2H3. The Bertz CT molecular complexity index is 344. The van der Waals surface area contributed by atoms with Crippen LogP contribution in [-0.2, 0) is 11.3 Å². The maximum atomic E-state index is 8.76. The number of ether oxygens (including phenoxy) is 2. The molecule has 1 rings (SSSR count). The minimum Gasteiger partial charge on any atom is -0.476 e. The van der Waals surface area contributed by atoms with Crippen LogP contribution in [0.2, 0.25) is 0 Å². The summed E-state index contributed by atoms with van der Waals surface area (Å²) in [6.07, 6.45) is 0.313. The molecule has 15 heavy (non-hydrogen) atoms. The first-order chi connectivity index (χ1) is 7.30. The van der Waals surface area contributed by atoms with Crippen LogP contribution in [0, 0.1) is 11.3 Å². The minimum atomic E-state index is -0.372. The van der Waals surface area contributed by atoms with Crippen molar-refractivity contribution >= 4 is 0 Å². The van der Waals surface area contributed by atoms with Gasteiger partial charge in [-0.2, -0.15) is 5.26 Å². The predicted molar refractivity (Wildman–Crippen MR) is 57.5 cm³/mol. The van der Waals surface area contributed by atoms with Crippen molar-refractivity contribution in [3.63, 3.8) is 0 Å². The molecule has 0 aromatic heterocycles. The average molecular weight is 205 g/mol. The highest BCUT2D eigenvalue weighted by atomic mass is 16.5. The summed E-state index contributed by atoms with van der Waals surface area (Å²) in [5.74, 6) is 0.720. The van der Waals surface area contributed by atoms with Gasteiger partial charge in [-0.3, -0.25) is 0 Å². The van der Waals surface area contributed by atoms with Crippen LogP contribution in [-0.4, -0.2) is 13.2 Å². The summed E-state index contributed by atoms with van der Waals surface area (Å²) in [4.78, 5) is 0. The zero-order chi connectivity index (χ0) is 11.1. The molecule has 0 heterocycles. The number of methoxy groups -OCH3 is 1. The third kappa shape index (κ3) is 3.61. The fraction of sp³-hybridized carbons (Fsp3) is 0.417. The average Bonchev–Trinajstić information content (AvgIpc) is 2.27. The van der Waals surface area contributed by atoms with Gasteiger partial charge in [0.15, 0.2) is 6.10 Å². The number of nitrogens with zero attached hydrogens (tertiary/aromatic N) is 1. The van der Waals surface area contributed by atoms with Gasteiger partial charge in [-0.25, -0.2) is 0 Å². The van der Waals surface area contributed by atoms with Gasteiger partial charge in [0.1, 0.15) is 11.8 Å². The van der Waals surface area contributed by atoms with Gasteiger partial charge >= 0.3 is 0 Å². The highest BCUT2D eigenvalue weighted by Gasteiger charge is 2.05. The lowest BCUT2D eigenvalue weighted by Gasteiger charge is -2.11. The molecule has 0 aliphatic heterocycles. The molecule has 3 nitrogen and oxygen atoms in total. The van der Waals surface area contributed by atoms with E-state index in [9.17, 15) is 0 Å². The maximum Gasteiger partial charge on any atom is 0.184 e. The molecular formula is C12H15NO2. The van der Waals surface area contributed by atoms with Crippen molar-refractivity contribution in [1.82, 2.24) is 0 Å². The van der Waals surface area contributed by atoms with Crippen LogP contribution in [0.4, 0.5) is 0 Å². The van der Waals surface area contributed by atoms with E-state index in [0.717, 1.165) is 11.3 Å². The topological polar surface area (TPSA) is 42.2 Å².